The van der Waals surface area contributed by atoms with Crippen LogP contribution in [0.2, 0.25) is 0 Å². The van der Waals surface area contributed by atoms with Crippen LogP contribution in [0, 0.1) is 0 Å². The van der Waals surface area contributed by atoms with E-state index in [0.29, 0.717) is 12.0 Å². The number of aromatic nitrogens is 1. The summed E-state index contributed by atoms with van der Waals surface area (Å²) in [5.41, 5.74) is 5.13. The molecule has 0 amide bonds. The third-order valence-corrected chi connectivity index (χ3v) is 4.26. The molecule has 2 aliphatic rings. The number of aliphatic hydroxyl groups is 1. The lowest BCUT2D eigenvalue weighted by molar-refractivity contribution is 0.317. The minimum Gasteiger partial charge on any atom is -0.392 e. The van der Waals surface area contributed by atoms with Crippen molar-refractivity contribution in [3.8, 4) is 0 Å². The number of hydrogen-bond acceptors (Lipinski definition) is 2. The Kier molecular flexibility index (Phi) is 2.13. The van der Waals surface area contributed by atoms with Gasteiger partial charge in [0.1, 0.15) is 0 Å². The van der Waals surface area contributed by atoms with Gasteiger partial charge in [0.05, 0.1) is 6.61 Å². The van der Waals surface area contributed by atoms with Crippen molar-refractivity contribution < 1.29 is 5.11 Å². The molecular formula is C15H16N2O. The Hall–Kier alpha value is -1.58. The summed E-state index contributed by atoms with van der Waals surface area (Å²) in [6.07, 6.45) is 5.46. The quantitative estimate of drug-likeness (QED) is 0.664. The molecule has 0 spiro atoms. The molecule has 2 unspecified atom stereocenters. The molecule has 4 rings (SSSR count). The lowest BCUT2D eigenvalue weighted by Gasteiger charge is -2.35. The van der Waals surface area contributed by atoms with Crippen LogP contribution in [0.5, 0.6) is 0 Å². The predicted molar refractivity (Wildman–Crippen MR) is 71.7 cm³/mol. The van der Waals surface area contributed by atoms with Crippen molar-refractivity contribution in [3.63, 3.8) is 0 Å². The molecule has 3 nitrogen and oxygen atoms in total. The van der Waals surface area contributed by atoms with Gasteiger partial charge >= 0.3 is 0 Å². The molecular weight excluding hydrogens is 224 g/mol. The fraction of sp³-hybridized carbons (Fsp3) is 0.333. The fourth-order valence-electron chi connectivity index (χ4n) is 3.39. The van der Waals surface area contributed by atoms with Gasteiger partial charge in [-0.05, 0) is 29.2 Å². The highest BCUT2D eigenvalue weighted by molar-refractivity contribution is 5.88. The summed E-state index contributed by atoms with van der Waals surface area (Å²) in [4.78, 5) is 3.36. The van der Waals surface area contributed by atoms with E-state index in [0.717, 1.165) is 18.5 Å². The smallest absolute Gasteiger partial charge is 0.0654 e. The first-order valence-electron chi connectivity index (χ1n) is 6.49. The van der Waals surface area contributed by atoms with Crippen molar-refractivity contribution in [3.05, 3.63) is 47.2 Å². The second-order valence-corrected chi connectivity index (χ2v) is 5.28. The number of hydrogen-bond donors (Lipinski definition) is 3. The first kappa shape index (κ1) is 10.4. The minimum atomic E-state index is 0.159. The second kappa shape index (κ2) is 3.70. The number of aromatic amines is 1. The summed E-state index contributed by atoms with van der Waals surface area (Å²) in [6.45, 7) is 0.972. The number of H-pyrrole nitrogens is 1. The van der Waals surface area contributed by atoms with E-state index in [2.05, 4.69) is 40.8 Å². The average Bonchev–Trinajstić information content (AvgIpc) is 2.83. The van der Waals surface area contributed by atoms with E-state index in [1.54, 1.807) is 0 Å². The number of benzene rings is 1. The van der Waals surface area contributed by atoms with Crippen molar-refractivity contribution in [2.24, 2.45) is 0 Å². The van der Waals surface area contributed by atoms with Crippen molar-refractivity contribution in [1.29, 1.82) is 0 Å². The molecule has 0 saturated carbocycles. The molecule has 2 heterocycles. The van der Waals surface area contributed by atoms with Gasteiger partial charge in [0.2, 0.25) is 0 Å². The number of fused-ring (bicyclic) bond motifs is 2. The van der Waals surface area contributed by atoms with Crippen LogP contribution in [0.1, 0.15) is 17.0 Å². The second-order valence-electron chi connectivity index (χ2n) is 5.28. The first-order chi connectivity index (χ1) is 8.86. The van der Waals surface area contributed by atoms with E-state index in [4.69, 9.17) is 0 Å². The maximum atomic E-state index is 9.32. The molecule has 92 valence electrons. The molecule has 0 bridgehead atoms. The lowest BCUT2D eigenvalue weighted by Crippen LogP contribution is -2.42. The van der Waals surface area contributed by atoms with Crippen LogP contribution in [0.4, 0.5) is 0 Å². The van der Waals surface area contributed by atoms with Gasteiger partial charge in [-0.15, -0.1) is 0 Å². The van der Waals surface area contributed by atoms with Gasteiger partial charge in [-0.3, -0.25) is 0 Å². The number of rotatable bonds is 1. The monoisotopic (exact) mass is 240 g/mol. The number of aliphatic hydroxyl groups excluding tert-OH is 1. The van der Waals surface area contributed by atoms with E-state index >= 15 is 0 Å². The maximum absolute atomic E-state index is 9.32. The van der Waals surface area contributed by atoms with Crippen LogP contribution in [0.25, 0.3) is 10.9 Å². The van der Waals surface area contributed by atoms with Crippen molar-refractivity contribution in [1.82, 2.24) is 10.3 Å². The summed E-state index contributed by atoms with van der Waals surface area (Å²) in [7, 11) is 0. The van der Waals surface area contributed by atoms with E-state index < -0.39 is 0 Å². The zero-order chi connectivity index (χ0) is 12.1. The molecule has 2 atom stereocenters. The fourth-order valence-corrected chi connectivity index (χ4v) is 3.39. The van der Waals surface area contributed by atoms with Gasteiger partial charge in [0.25, 0.3) is 0 Å². The van der Waals surface area contributed by atoms with E-state index in [1.165, 1.54) is 22.0 Å². The Morgan fingerprint density at radius 3 is 3.17 bits per heavy atom. The van der Waals surface area contributed by atoms with E-state index in [-0.39, 0.29) is 6.61 Å². The highest BCUT2D eigenvalue weighted by atomic mass is 16.3. The van der Waals surface area contributed by atoms with Gasteiger partial charge in [-0.25, -0.2) is 0 Å². The predicted octanol–water partition coefficient (Wildman–Crippen LogP) is 1.70. The highest BCUT2D eigenvalue weighted by Gasteiger charge is 2.32. The molecule has 1 aliphatic heterocycles. The molecule has 0 fully saturated rings. The van der Waals surface area contributed by atoms with Crippen LogP contribution < -0.4 is 5.32 Å². The summed E-state index contributed by atoms with van der Waals surface area (Å²) >= 11 is 0. The van der Waals surface area contributed by atoms with Crippen molar-refractivity contribution >= 4 is 10.9 Å². The Labute approximate surface area is 106 Å². The van der Waals surface area contributed by atoms with Gasteiger partial charge in [-0.2, -0.15) is 0 Å². The Morgan fingerprint density at radius 2 is 2.28 bits per heavy atom. The first-order valence-corrected chi connectivity index (χ1v) is 6.49. The van der Waals surface area contributed by atoms with E-state index in [1.807, 2.05) is 0 Å². The lowest BCUT2D eigenvalue weighted by atomic mass is 9.77. The zero-order valence-corrected chi connectivity index (χ0v) is 10.1. The molecule has 1 aliphatic carbocycles. The summed E-state index contributed by atoms with van der Waals surface area (Å²) in [5, 5.41) is 14.3. The maximum Gasteiger partial charge on any atom is 0.0654 e. The van der Waals surface area contributed by atoms with Gasteiger partial charge in [-0.1, -0.05) is 18.2 Å². The van der Waals surface area contributed by atoms with Crippen molar-refractivity contribution in [2.45, 2.75) is 18.4 Å². The minimum absolute atomic E-state index is 0.159. The van der Waals surface area contributed by atoms with E-state index in [9.17, 15) is 5.11 Å². The molecule has 2 aromatic rings. The Balaban J connectivity index is 1.94. The molecule has 0 radical (unpaired) electrons. The van der Waals surface area contributed by atoms with Crippen LogP contribution >= 0.6 is 0 Å². The van der Waals surface area contributed by atoms with Crippen LogP contribution in [-0.2, 0) is 6.42 Å². The number of nitrogens with one attached hydrogen (secondary N) is 2. The summed E-state index contributed by atoms with van der Waals surface area (Å²) in [5.74, 6) is 0.396. The van der Waals surface area contributed by atoms with Crippen LogP contribution in [0.15, 0.2) is 36.0 Å². The SMILES string of the molecule is OCC1=CC2c3cccc4[nH]cc(c34)CC2NC1. The molecule has 1 aromatic carbocycles. The molecule has 3 heteroatoms. The van der Waals surface area contributed by atoms with Gasteiger partial charge < -0.3 is 15.4 Å². The average molecular weight is 240 g/mol. The Bertz CT molecular complexity index is 641. The third-order valence-electron chi connectivity index (χ3n) is 4.26. The standard InChI is InChI=1S/C15H16N2O/c18-8-9-4-12-11-2-1-3-13-15(11)10(7-17-13)5-14(12)16-6-9/h1-4,7,12,14,16-18H,5-6,8H2. The normalized spacial score (nSPS) is 25.9. The topological polar surface area (TPSA) is 48.0 Å². The molecule has 18 heavy (non-hydrogen) atoms. The largest absolute Gasteiger partial charge is 0.392 e. The summed E-state index contributed by atoms with van der Waals surface area (Å²) < 4.78 is 0. The summed E-state index contributed by atoms with van der Waals surface area (Å²) in [6, 6.07) is 6.93. The molecule has 3 N–H and O–H groups in total. The molecule has 0 saturated heterocycles. The zero-order valence-electron chi connectivity index (χ0n) is 10.1. The van der Waals surface area contributed by atoms with Crippen LogP contribution in [0.3, 0.4) is 0 Å². The third kappa shape index (κ3) is 1.32. The van der Waals surface area contributed by atoms with Crippen LogP contribution in [-0.4, -0.2) is 29.3 Å². The Morgan fingerprint density at radius 1 is 1.33 bits per heavy atom. The van der Waals surface area contributed by atoms with Gasteiger partial charge in [0, 0.05) is 35.6 Å². The van der Waals surface area contributed by atoms with Gasteiger partial charge in [0.15, 0.2) is 0 Å². The molecule has 1 aromatic heterocycles. The van der Waals surface area contributed by atoms with Crippen molar-refractivity contribution in [2.75, 3.05) is 13.2 Å². The highest BCUT2D eigenvalue weighted by Crippen LogP contribution is 2.39.